The minimum absolute atomic E-state index is 0.00888. The number of piperidine rings is 1. The predicted octanol–water partition coefficient (Wildman–Crippen LogP) is 7.43. The second-order valence-electron chi connectivity index (χ2n) is 9.44. The highest BCUT2D eigenvalue weighted by Gasteiger charge is 2.21. The van der Waals surface area contributed by atoms with Crippen LogP contribution in [0, 0.1) is 5.92 Å². The Hall–Kier alpha value is -2.53. The topological polar surface area (TPSA) is 34.5 Å². The van der Waals surface area contributed by atoms with Crippen molar-refractivity contribution in [2.24, 2.45) is 5.92 Å². The summed E-state index contributed by atoms with van der Waals surface area (Å²) in [4.78, 5) is 15.5. The summed E-state index contributed by atoms with van der Waals surface area (Å²) in [6, 6.07) is 15.8. The second-order valence-corrected chi connectivity index (χ2v) is 10.2. The molecule has 0 radical (unpaired) electrons. The van der Waals surface area contributed by atoms with Crippen molar-refractivity contribution >= 4 is 39.5 Å². The monoisotopic (exact) mass is 524 g/mol. The van der Waals surface area contributed by atoms with Crippen LogP contribution in [-0.2, 0) is 11.3 Å². The molecule has 0 spiro atoms. The minimum Gasteiger partial charge on any atom is -0.500 e. The zero-order valence-electron chi connectivity index (χ0n) is 21.1. The van der Waals surface area contributed by atoms with Gasteiger partial charge in [0.1, 0.15) is 5.76 Å². The van der Waals surface area contributed by atoms with Gasteiger partial charge in [-0.3, -0.25) is 9.69 Å². The number of methoxy groups -OCH3 is 1. The summed E-state index contributed by atoms with van der Waals surface area (Å²) >= 11 is 12.4. The molecule has 0 bridgehead atoms. The van der Waals surface area contributed by atoms with Crippen LogP contribution >= 0.6 is 23.2 Å². The summed E-state index contributed by atoms with van der Waals surface area (Å²) < 4.78 is 7.61. The molecule has 0 unspecified atom stereocenters. The maximum Gasteiger partial charge on any atom is 0.258 e. The van der Waals surface area contributed by atoms with E-state index < -0.39 is 0 Å². The molecule has 2 heterocycles. The number of hydrogen-bond donors (Lipinski definition) is 0. The first-order valence-corrected chi connectivity index (χ1v) is 13.5. The van der Waals surface area contributed by atoms with Gasteiger partial charge in [-0.2, -0.15) is 0 Å². The number of halogens is 2. The molecular formula is C30H34Cl2N2O2. The zero-order chi connectivity index (χ0) is 25.5. The van der Waals surface area contributed by atoms with Gasteiger partial charge in [0.15, 0.2) is 0 Å². The van der Waals surface area contributed by atoms with Crippen molar-refractivity contribution in [3.8, 4) is 0 Å². The Morgan fingerprint density at radius 2 is 1.81 bits per heavy atom. The largest absolute Gasteiger partial charge is 0.500 e. The highest BCUT2D eigenvalue weighted by molar-refractivity contribution is 6.45. The highest BCUT2D eigenvalue weighted by Crippen LogP contribution is 2.29. The van der Waals surface area contributed by atoms with Gasteiger partial charge in [0.25, 0.3) is 5.56 Å². The fourth-order valence-electron chi connectivity index (χ4n) is 4.81. The van der Waals surface area contributed by atoms with E-state index in [1.807, 2.05) is 22.9 Å². The number of allylic oxidation sites excluding steroid dienone is 3. The number of aromatic nitrogens is 1. The smallest absolute Gasteiger partial charge is 0.258 e. The molecule has 36 heavy (non-hydrogen) atoms. The standard InChI is InChI=1S/C30H34Cl2N2O2/c1-3-4-8-24(23-9-6-5-7-10-23)19-25(36-2)21-33-16-13-22(14-17-33)20-34-18-15-26-27(30(34)35)11-12-28(31)29(26)32/h5-12,15,18-19,22H,3-4,13-14,16-17,20-21H2,1-2H3. The van der Waals surface area contributed by atoms with Gasteiger partial charge in [-0.25, -0.2) is 0 Å². The summed E-state index contributed by atoms with van der Waals surface area (Å²) in [6.45, 7) is 5.66. The molecular weight excluding hydrogens is 491 g/mol. The maximum absolute atomic E-state index is 13.0. The molecule has 1 saturated heterocycles. The zero-order valence-corrected chi connectivity index (χ0v) is 22.6. The van der Waals surface area contributed by atoms with Crippen LogP contribution in [0.1, 0.15) is 38.2 Å². The van der Waals surface area contributed by atoms with Gasteiger partial charge >= 0.3 is 0 Å². The number of rotatable bonds is 9. The quantitative estimate of drug-likeness (QED) is 0.215. The summed E-state index contributed by atoms with van der Waals surface area (Å²) in [5, 5.41) is 2.23. The molecule has 0 saturated carbocycles. The second kappa shape index (κ2) is 12.6. The minimum atomic E-state index is -0.00888. The Labute approximate surface area is 223 Å². The molecule has 3 aromatic rings. The molecule has 0 aliphatic carbocycles. The first kappa shape index (κ1) is 26.5. The van der Waals surface area contributed by atoms with Crippen LogP contribution in [0.5, 0.6) is 0 Å². The highest BCUT2D eigenvalue weighted by atomic mass is 35.5. The van der Waals surface area contributed by atoms with Crippen LogP contribution in [0.25, 0.3) is 16.3 Å². The van der Waals surface area contributed by atoms with E-state index in [9.17, 15) is 4.79 Å². The third-order valence-electron chi connectivity index (χ3n) is 6.93. The van der Waals surface area contributed by atoms with E-state index in [-0.39, 0.29) is 5.56 Å². The molecule has 1 aromatic heterocycles. The van der Waals surface area contributed by atoms with Crippen LogP contribution in [0.15, 0.2) is 77.4 Å². The van der Waals surface area contributed by atoms with E-state index in [0.717, 1.165) is 51.1 Å². The van der Waals surface area contributed by atoms with Crippen molar-refractivity contribution in [3.63, 3.8) is 0 Å². The van der Waals surface area contributed by atoms with Crippen molar-refractivity contribution in [3.05, 3.63) is 98.6 Å². The van der Waals surface area contributed by atoms with E-state index >= 15 is 0 Å². The molecule has 0 N–H and O–H groups in total. The Bertz CT molecular complexity index is 1290. The third-order valence-corrected chi connectivity index (χ3v) is 7.74. The van der Waals surface area contributed by atoms with Crippen molar-refractivity contribution in [2.45, 2.75) is 39.2 Å². The maximum atomic E-state index is 13.0. The lowest BCUT2D eigenvalue weighted by atomic mass is 9.96. The fraction of sp³-hybridized carbons (Fsp3) is 0.367. The van der Waals surface area contributed by atoms with E-state index in [0.29, 0.717) is 33.3 Å². The van der Waals surface area contributed by atoms with Gasteiger partial charge in [0, 0.05) is 23.5 Å². The Morgan fingerprint density at radius 1 is 1.06 bits per heavy atom. The Balaban J connectivity index is 1.39. The van der Waals surface area contributed by atoms with Crippen LogP contribution < -0.4 is 5.56 Å². The van der Waals surface area contributed by atoms with Gasteiger partial charge in [-0.15, -0.1) is 0 Å². The lowest BCUT2D eigenvalue weighted by molar-refractivity contribution is 0.155. The summed E-state index contributed by atoms with van der Waals surface area (Å²) in [7, 11) is 1.76. The number of likely N-dealkylation sites (tertiary alicyclic amines) is 1. The Morgan fingerprint density at radius 3 is 2.50 bits per heavy atom. The van der Waals surface area contributed by atoms with Crippen molar-refractivity contribution in [1.29, 1.82) is 0 Å². The first-order chi connectivity index (χ1) is 17.5. The molecule has 1 aliphatic rings. The van der Waals surface area contributed by atoms with Gasteiger partial charge in [-0.1, -0.05) is 73.0 Å². The molecule has 0 atom stereocenters. The molecule has 4 rings (SSSR count). The van der Waals surface area contributed by atoms with E-state index in [2.05, 4.69) is 48.2 Å². The van der Waals surface area contributed by atoms with Crippen molar-refractivity contribution in [1.82, 2.24) is 9.47 Å². The molecule has 1 fully saturated rings. The first-order valence-electron chi connectivity index (χ1n) is 12.7. The number of ether oxygens (including phenoxy) is 1. The van der Waals surface area contributed by atoms with E-state index in [4.69, 9.17) is 27.9 Å². The van der Waals surface area contributed by atoms with Crippen LogP contribution in [0.4, 0.5) is 0 Å². The summed E-state index contributed by atoms with van der Waals surface area (Å²) in [6.07, 6.45) is 10.6. The van der Waals surface area contributed by atoms with Crippen molar-refractivity contribution in [2.75, 3.05) is 26.7 Å². The van der Waals surface area contributed by atoms with Gasteiger partial charge in [0.2, 0.25) is 0 Å². The SMILES string of the molecule is CCCC=C(C=C(CN1CCC(Cn2ccc3c(Cl)c(Cl)ccc3c2=O)CC1)OC)c1ccccc1. The lowest BCUT2D eigenvalue weighted by Gasteiger charge is -2.32. The molecule has 6 heteroatoms. The van der Waals surface area contributed by atoms with E-state index in [1.54, 1.807) is 19.2 Å². The molecule has 190 valence electrons. The Kier molecular flexibility index (Phi) is 9.30. The van der Waals surface area contributed by atoms with Gasteiger partial charge < -0.3 is 9.30 Å². The van der Waals surface area contributed by atoms with E-state index in [1.165, 1.54) is 11.1 Å². The third kappa shape index (κ3) is 6.42. The number of benzene rings is 2. The number of hydrogen-bond acceptors (Lipinski definition) is 3. The fourth-order valence-corrected chi connectivity index (χ4v) is 5.20. The molecule has 2 aromatic carbocycles. The molecule has 0 amide bonds. The van der Waals surface area contributed by atoms with Crippen LogP contribution in [0.3, 0.4) is 0 Å². The summed E-state index contributed by atoms with van der Waals surface area (Å²) in [5.41, 5.74) is 2.41. The van der Waals surface area contributed by atoms with Crippen molar-refractivity contribution < 1.29 is 4.74 Å². The number of nitrogens with zero attached hydrogens (tertiary/aromatic N) is 2. The average molecular weight is 526 g/mol. The number of unbranched alkanes of at least 4 members (excludes halogenated alkanes) is 1. The normalized spacial score (nSPS) is 16.0. The van der Waals surface area contributed by atoms with Crippen LogP contribution in [0.2, 0.25) is 10.0 Å². The van der Waals surface area contributed by atoms with Crippen LogP contribution in [-0.4, -0.2) is 36.2 Å². The lowest BCUT2D eigenvalue weighted by Crippen LogP contribution is -2.37. The number of fused-ring (bicyclic) bond motifs is 1. The number of pyridine rings is 1. The average Bonchev–Trinajstić information content (AvgIpc) is 2.91. The summed E-state index contributed by atoms with van der Waals surface area (Å²) in [5.74, 6) is 1.43. The predicted molar refractivity (Wildman–Crippen MR) is 152 cm³/mol. The molecule has 1 aliphatic heterocycles. The van der Waals surface area contributed by atoms with Gasteiger partial charge in [0.05, 0.1) is 23.7 Å². The van der Waals surface area contributed by atoms with Gasteiger partial charge in [-0.05, 0) is 73.7 Å². The molecule has 4 nitrogen and oxygen atoms in total.